The summed E-state index contributed by atoms with van der Waals surface area (Å²) in [6.07, 6.45) is 5.13. The number of halogens is 1. The van der Waals surface area contributed by atoms with E-state index in [1.54, 1.807) is 11.3 Å². The van der Waals surface area contributed by atoms with E-state index >= 15 is 0 Å². The molecule has 0 aliphatic heterocycles. The van der Waals surface area contributed by atoms with Crippen LogP contribution in [0.1, 0.15) is 50.8 Å². The Balaban J connectivity index is 0.00000341. The summed E-state index contributed by atoms with van der Waals surface area (Å²) in [4.78, 5) is 9.55. The molecule has 2 N–H and O–H groups in total. The fraction of sp³-hybridized carbons (Fsp3) is 0.565. The van der Waals surface area contributed by atoms with E-state index in [-0.39, 0.29) is 24.0 Å². The highest BCUT2D eigenvalue weighted by Gasteiger charge is 2.26. The minimum Gasteiger partial charge on any atom is -0.357 e. The zero-order valence-corrected chi connectivity index (χ0v) is 22.7. The van der Waals surface area contributed by atoms with Crippen LogP contribution in [0.15, 0.2) is 34.6 Å². The quantitative estimate of drug-likeness (QED) is 0.267. The number of hydrogen-bond acceptors (Lipinski definition) is 4. The molecule has 1 saturated carbocycles. The number of hydrogen-bond donors (Lipinski definition) is 2. The highest BCUT2D eigenvalue weighted by Crippen LogP contribution is 2.24. The number of rotatable bonds is 8. The Bertz CT molecular complexity index is 854. The monoisotopic (exact) mass is 574 g/mol. The normalized spacial score (nSPS) is 20.0. The Labute approximate surface area is 210 Å². The Morgan fingerprint density at radius 1 is 1.26 bits per heavy atom. The average molecular weight is 575 g/mol. The number of benzene rings is 1. The van der Waals surface area contributed by atoms with Gasteiger partial charge in [-0.15, -0.1) is 35.3 Å². The first kappa shape index (κ1) is 26.3. The van der Waals surface area contributed by atoms with Gasteiger partial charge in [-0.1, -0.05) is 43.2 Å². The molecule has 2 aromatic rings. The second-order valence-electron chi connectivity index (χ2n) is 7.82. The number of nitrogens with one attached hydrogen (secondary N) is 2. The number of aryl methyl sites for hydroxylation is 1. The third kappa shape index (κ3) is 8.13. The Morgan fingerprint density at radius 3 is 2.74 bits per heavy atom. The first-order valence-corrected chi connectivity index (χ1v) is 13.3. The summed E-state index contributed by atoms with van der Waals surface area (Å²) >= 11 is 1.69. The van der Waals surface area contributed by atoms with Crippen molar-refractivity contribution >= 4 is 52.1 Å². The third-order valence-electron chi connectivity index (χ3n) is 5.46. The van der Waals surface area contributed by atoms with Crippen molar-refractivity contribution in [2.75, 3.05) is 18.8 Å². The molecule has 31 heavy (non-hydrogen) atoms. The van der Waals surface area contributed by atoms with Gasteiger partial charge in [-0.25, -0.2) is 4.98 Å². The lowest BCUT2D eigenvalue weighted by atomic mass is 9.95. The van der Waals surface area contributed by atoms with Crippen molar-refractivity contribution in [3.05, 3.63) is 40.9 Å². The molecule has 0 saturated heterocycles. The summed E-state index contributed by atoms with van der Waals surface area (Å²) in [5, 5.41) is 10.5. The van der Waals surface area contributed by atoms with Gasteiger partial charge in [0.1, 0.15) is 5.01 Å². The first-order chi connectivity index (χ1) is 14.6. The lowest BCUT2D eigenvalue weighted by Crippen LogP contribution is -2.46. The predicted octanol–water partition coefficient (Wildman–Crippen LogP) is 4.91. The van der Waals surface area contributed by atoms with Gasteiger partial charge in [0.15, 0.2) is 5.96 Å². The Hall–Kier alpha value is -1.000. The first-order valence-electron chi connectivity index (χ1n) is 11.0. The van der Waals surface area contributed by atoms with Gasteiger partial charge in [0, 0.05) is 58.3 Å². The maximum atomic E-state index is 12.2. The van der Waals surface area contributed by atoms with Crippen molar-refractivity contribution in [2.45, 2.75) is 64.2 Å². The average Bonchev–Trinajstić information content (AvgIpc) is 3.23. The van der Waals surface area contributed by atoms with E-state index in [2.05, 4.69) is 54.1 Å². The summed E-state index contributed by atoms with van der Waals surface area (Å²) in [7, 11) is -0.705. The molecule has 0 amide bonds. The maximum absolute atomic E-state index is 12.2. The molecule has 1 aromatic carbocycles. The van der Waals surface area contributed by atoms with Crippen LogP contribution in [-0.2, 0) is 17.2 Å². The topological polar surface area (TPSA) is 66.4 Å². The number of aromatic nitrogens is 1. The molecule has 1 heterocycles. The molecular formula is C23H35IN4OS2. The van der Waals surface area contributed by atoms with E-state index < -0.39 is 10.8 Å². The smallest absolute Gasteiger partial charge is 0.191 e. The molecule has 3 atom stereocenters. The largest absolute Gasteiger partial charge is 0.357 e. The van der Waals surface area contributed by atoms with Gasteiger partial charge in [-0.3, -0.25) is 9.20 Å². The van der Waals surface area contributed by atoms with Crippen LogP contribution in [0.2, 0.25) is 0 Å². The molecule has 0 spiro atoms. The fourth-order valence-corrected chi connectivity index (χ4v) is 6.00. The summed E-state index contributed by atoms with van der Waals surface area (Å²) in [5.41, 5.74) is 3.52. The molecule has 0 radical (unpaired) electrons. The van der Waals surface area contributed by atoms with Crippen molar-refractivity contribution in [3.63, 3.8) is 0 Å². The van der Waals surface area contributed by atoms with Crippen LogP contribution < -0.4 is 10.6 Å². The van der Waals surface area contributed by atoms with E-state index in [4.69, 9.17) is 9.98 Å². The van der Waals surface area contributed by atoms with Crippen LogP contribution >= 0.6 is 35.3 Å². The van der Waals surface area contributed by atoms with Gasteiger partial charge >= 0.3 is 0 Å². The van der Waals surface area contributed by atoms with Gasteiger partial charge in [-0.05, 0) is 33.1 Å². The molecule has 8 heteroatoms. The SMILES string of the molecule is CCNC(=NCCc1csc(-c2ccc(C)cc2)n1)NC1CCCC(S(=O)CC)C1.I. The van der Waals surface area contributed by atoms with Gasteiger partial charge in [-0.2, -0.15) is 0 Å². The molecule has 0 bridgehead atoms. The number of nitrogens with zero attached hydrogens (tertiary/aromatic N) is 2. The van der Waals surface area contributed by atoms with Crippen molar-refractivity contribution < 1.29 is 4.21 Å². The molecular weight excluding hydrogens is 539 g/mol. The van der Waals surface area contributed by atoms with Crippen molar-refractivity contribution in [1.29, 1.82) is 0 Å². The number of thiazole rings is 1. The Kier molecular flexibility index (Phi) is 11.5. The van der Waals surface area contributed by atoms with Crippen molar-refractivity contribution in [1.82, 2.24) is 15.6 Å². The second kappa shape index (κ2) is 13.5. The Morgan fingerprint density at radius 2 is 2.03 bits per heavy atom. The van der Waals surface area contributed by atoms with Crippen molar-refractivity contribution in [3.8, 4) is 10.6 Å². The van der Waals surface area contributed by atoms with E-state index in [9.17, 15) is 4.21 Å². The molecule has 1 aliphatic carbocycles. The van der Waals surface area contributed by atoms with E-state index in [0.29, 0.717) is 17.8 Å². The van der Waals surface area contributed by atoms with Gasteiger partial charge < -0.3 is 10.6 Å². The van der Waals surface area contributed by atoms with Crippen LogP contribution in [0.4, 0.5) is 0 Å². The van der Waals surface area contributed by atoms with Gasteiger partial charge in [0.05, 0.1) is 5.69 Å². The minimum atomic E-state index is -0.705. The number of aliphatic imine (C=N–C) groups is 1. The summed E-state index contributed by atoms with van der Waals surface area (Å²) in [6.45, 7) is 7.73. The molecule has 172 valence electrons. The summed E-state index contributed by atoms with van der Waals surface area (Å²) < 4.78 is 12.2. The molecule has 3 rings (SSSR count). The minimum absolute atomic E-state index is 0. The molecule has 3 unspecified atom stereocenters. The summed E-state index contributed by atoms with van der Waals surface area (Å²) in [6, 6.07) is 8.87. The van der Waals surface area contributed by atoms with E-state index in [1.165, 1.54) is 11.1 Å². The standard InChI is InChI=1S/C23H34N4OS2.HI/c1-4-24-23(27-19-7-6-8-21(15-19)30(28)5-2)25-14-13-20-16-29-22(26-20)18-11-9-17(3)10-12-18;/h9-12,16,19,21H,4-8,13-15H2,1-3H3,(H2,24,25,27);1H. The van der Waals surface area contributed by atoms with Gasteiger partial charge in [0.25, 0.3) is 0 Å². The molecule has 1 fully saturated rings. The fourth-order valence-electron chi connectivity index (χ4n) is 3.80. The predicted molar refractivity (Wildman–Crippen MR) is 145 cm³/mol. The highest BCUT2D eigenvalue weighted by atomic mass is 127. The lowest BCUT2D eigenvalue weighted by Gasteiger charge is -2.30. The van der Waals surface area contributed by atoms with E-state index in [1.807, 2.05) is 6.92 Å². The van der Waals surface area contributed by atoms with Crippen molar-refractivity contribution in [2.24, 2.45) is 4.99 Å². The molecule has 1 aliphatic rings. The molecule has 1 aromatic heterocycles. The second-order valence-corrected chi connectivity index (χ2v) is 10.7. The van der Waals surface area contributed by atoms with Crippen LogP contribution in [0.25, 0.3) is 10.6 Å². The highest BCUT2D eigenvalue weighted by molar-refractivity contribution is 14.0. The lowest BCUT2D eigenvalue weighted by molar-refractivity contribution is 0.413. The third-order valence-corrected chi connectivity index (χ3v) is 8.14. The zero-order chi connectivity index (χ0) is 21.3. The van der Waals surface area contributed by atoms with Crippen LogP contribution in [-0.4, -0.2) is 45.3 Å². The van der Waals surface area contributed by atoms with Crippen LogP contribution in [0.3, 0.4) is 0 Å². The number of guanidine groups is 1. The van der Waals surface area contributed by atoms with E-state index in [0.717, 1.165) is 61.1 Å². The maximum Gasteiger partial charge on any atom is 0.191 e. The summed E-state index contributed by atoms with van der Waals surface area (Å²) in [5.74, 6) is 1.61. The van der Waals surface area contributed by atoms with Crippen LogP contribution in [0.5, 0.6) is 0 Å². The molecule has 5 nitrogen and oxygen atoms in total. The van der Waals surface area contributed by atoms with Crippen LogP contribution in [0, 0.1) is 6.92 Å². The zero-order valence-electron chi connectivity index (χ0n) is 18.7. The van der Waals surface area contributed by atoms with Gasteiger partial charge in [0.2, 0.25) is 0 Å².